The first-order valence-corrected chi connectivity index (χ1v) is 9.31. The zero-order chi connectivity index (χ0) is 16.4. The first kappa shape index (κ1) is 16.5. The molecule has 0 aliphatic carbocycles. The number of aryl methyl sites for hydroxylation is 1. The number of nitro benzene ring substituents is 1. The van der Waals surface area contributed by atoms with E-state index in [2.05, 4.69) is 41.8 Å². The Kier molecular flexibility index (Phi) is 5.03. The molecule has 0 saturated heterocycles. The lowest BCUT2D eigenvalue weighted by atomic mass is 10.1. The lowest BCUT2D eigenvalue weighted by molar-refractivity contribution is -0.384. The van der Waals surface area contributed by atoms with Gasteiger partial charge in [0, 0.05) is 26.8 Å². The molecular weight excluding hydrogens is 446 g/mol. The summed E-state index contributed by atoms with van der Waals surface area (Å²) in [4.78, 5) is 18.1. The lowest BCUT2D eigenvalue weighted by Crippen LogP contribution is -1.91. The number of non-ortho nitro benzene ring substituents is 1. The van der Waals surface area contributed by atoms with Crippen molar-refractivity contribution in [3.8, 4) is 0 Å². The molecule has 0 bridgehead atoms. The molecule has 0 spiro atoms. The Hall–Kier alpha value is -1.38. The number of thioether (sulfide) groups is 1. The van der Waals surface area contributed by atoms with Gasteiger partial charge < -0.3 is 4.98 Å². The Labute approximate surface area is 153 Å². The van der Waals surface area contributed by atoms with Gasteiger partial charge in [-0.15, -0.1) is 0 Å². The van der Waals surface area contributed by atoms with E-state index >= 15 is 0 Å². The zero-order valence-corrected chi connectivity index (χ0v) is 15.7. The molecule has 3 rings (SSSR count). The standard InChI is InChI=1S/C15H11Br2N3O2S/c16-10-7-12(17)14-13(8-10)18-15(19-14)23-6-5-9-1-3-11(4-2-9)20(21)22/h1-4,7-8H,5-6H2,(H,18,19). The van der Waals surface area contributed by atoms with Crippen LogP contribution in [0.15, 0.2) is 50.5 Å². The fourth-order valence-electron chi connectivity index (χ4n) is 2.14. The molecule has 0 saturated carbocycles. The minimum Gasteiger partial charge on any atom is -0.333 e. The number of fused-ring (bicyclic) bond motifs is 1. The monoisotopic (exact) mass is 455 g/mol. The maximum atomic E-state index is 10.6. The van der Waals surface area contributed by atoms with Gasteiger partial charge in [-0.25, -0.2) is 4.98 Å². The molecule has 8 heteroatoms. The number of nitro groups is 1. The molecule has 0 atom stereocenters. The van der Waals surface area contributed by atoms with Crippen LogP contribution in [-0.4, -0.2) is 20.6 Å². The van der Waals surface area contributed by atoms with Crippen molar-refractivity contribution in [3.63, 3.8) is 0 Å². The molecular formula is C15H11Br2N3O2S. The third kappa shape index (κ3) is 3.94. The minimum absolute atomic E-state index is 0.120. The van der Waals surface area contributed by atoms with Crippen LogP contribution in [-0.2, 0) is 6.42 Å². The van der Waals surface area contributed by atoms with Gasteiger partial charge in [-0.05, 0) is 40.0 Å². The number of aromatic amines is 1. The average Bonchev–Trinajstić information content (AvgIpc) is 2.91. The van der Waals surface area contributed by atoms with E-state index in [1.165, 1.54) is 12.1 Å². The predicted molar refractivity (Wildman–Crippen MR) is 99.0 cm³/mol. The normalized spacial score (nSPS) is 11.0. The number of nitrogens with zero attached hydrogens (tertiary/aromatic N) is 2. The quantitative estimate of drug-likeness (QED) is 0.320. The molecule has 0 unspecified atom stereocenters. The van der Waals surface area contributed by atoms with Crippen molar-refractivity contribution in [2.24, 2.45) is 0 Å². The van der Waals surface area contributed by atoms with Crippen LogP contribution in [0.2, 0.25) is 0 Å². The van der Waals surface area contributed by atoms with Crippen LogP contribution < -0.4 is 0 Å². The van der Waals surface area contributed by atoms with Crippen LogP contribution in [0.4, 0.5) is 5.69 Å². The average molecular weight is 457 g/mol. The molecule has 0 aliphatic heterocycles. The number of nitrogens with one attached hydrogen (secondary N) is 1. The number of hydrogen-bond acceptors (Lipinski definition) is 4. The van der Waals surface area contributed by atoms with Crippen molar-refractivity contribution in [1.29, 1.82) is 0 Å². The van der Waals surface area contributed by atoms with Gasteiger partial charge in [-0.1, -0.05) is 39.8 Å². The van der Waals surface area contributed by atoms with Gasteiger partial charge in [0.15, 0.2) is 5.16 Å². The second kappa shape index (κ2) is 7.02. The summed E-state index contributed by atoms with van der Waals surface area (Å²) in [5, 5.41) is 11.5. The van der Waals surface area contributed by atoms with Crippen molar-refractivity contribution in [1.82, 2.24) is 9.97 Å². The highest BCUT2D eigenvalue weighted by Gasteiger charge is 2.08. The Bertz CT molecular complexity index is 865. The predicted octanol–water partition coefficient (Wildman–Crippen LogP) is 5.33. The largest absolute Gasteiger partial charge is 0.333 e. The van der Waals surface area contributed by atoms with Crippen LogP contribution in [0.3, 0.4) is 0 Å². The van der Waals surface area contributed by atoms with Crippen molar-refractivity contribution in [2.45, 2.75) is 11.6 Å². The molecule has 1 aromatic heterocycles. The van der Waals surface area contributed by atoms with Crippen LogP contribution >= 0.6 is 43.6 Å². The van der Waals surface area contributed by atoms with E-state index in [1.807, 2.05) is 12.1 Å². The second-order valence-electron chi connectivity index (χ2n) is 4.85. The van der Waals surface area contributed by atoms with E-state index in [9.17, 15) is 10.1 Å². The summed E-state index contributed by atoms with van der Waals surface area (Å²) in [6, 6.07) is 10.6. The summed E-state index contributed by atoms with van der Waals surface area (Å²) < 4.78 is 1.93. The molecule has 118 valence electrons. The smallest absolute Gasteiger partial charge is 0.269 e. The van der Waals surface area contributed by atoms with Gasteiger partial charge in [-0.3, -0.25) is 10.1 Å². The van der Waals surface area contributed by atoms with Crippen molar-refractivity contribution >= 4 is 60.3 Å². The van der Waals surface area contributed by atoms with Gasteiger partial charge in [-0.2, -0.15) is 0 Å². The fraction of sp³-hybridized carbons (Fsp3) is 0.133. The number of benzene rings is 2. The van der Waals surface area contributed by atoms with Crippen molar-refractivity contribution in [3.05, 3.63) is 61.0 Å². The molecule has 0 fully saturated rings. The van der Waals surface area contributed by atoms with Gasteiger partial charge in [0.05, 0.1) is 10.4 Å². The van der Waals surface area contributed by atoms with E-state index < -0.39 is 0 Å². The van der Waals surface area contributed by atoms with Gasteiger partial charge in [0.1, 0.15) is 5.52 Å². The number of rotatable bonds is 5. The van der Waals surface area contributed by atoms with Gasteiger partial charge in [0.2, 0.25) is 0 Å². The molecule has 0 aliphatic rings. The second-order valence-corrected chi connectivity index (χ2v) is 7.70. The summed E-state index contributed by atoms with van der Waals surface area (Å²) in [6.07, 6.45) is 0.824. The molecule has 3 aromatic rings. The Morgan fingerprint density at radius 3 is 2.65 bits per heavy atom. The minimum atomic E-state index is -0.386. The van der Waals surface area contributed by atoms with Crippen LogP contribution in [0.1, 0.15) is 5.56 Å². The lowest BCUT2D eigenvalue weighted by Gasteiger charge is -1.99. The van der Waals surface area contributed by atoms with Crippen molar-refractivity contribution < 1.29 is 4.92 Å². The SMILES string of the molecule is O=[N+]([O-])c1ccc(CCSc2nc3c(Br)cc(Br)cc3[nH]2)cc1. The number of hydrogen-bond donors (Lipinski definition) is 1. The van der Waals surface area contributed by atoms with Gasteiger partial charge in [0.25, 0.3) is 5.69 Å². The Morgan fingerprint density at radius 2 is 1.96 bits per heavy atom. The van der Waals surface area contributed by atoms with E-state index in [-0.39, 0.29) is 10.6 Å². The first-order chi connectivity index (χ1) is 11.0. The van der Waals surface area contributed by atoms with Crippen LogP contribution in [0.25, 0.3) is 11.0 Å². The summed E-state index contributed by atoms with van der Waals surface area (Å²) >= 11 is 8.60. The number of aromatic nitrogens is 2. The summed E-state index contributed by atoms with van der Waals surface area (Å²) in [6.45, 7) is 0. The Balaban J connectivity index is 1.64. The van der Waals surface area contributed by atoms with Crippen LogP contribution in [0.5, 0.6) is 0 Å². The van der Waals surface area contributed by atoms with Crippen LogP contribution in [0, 0.1) is 10.1 Å². The maximum Gasteiger partial charge on any atom is 0.269 e. The number of imidazole rings is 1. The van der Waals surface area contributed by atoms with Gasteiger partial charge >= 0.3 is 0 Å². The molecule has 2 aromatic carbocycles. The van der Waals surface area contributed by atoms with E-state index in [0.29, 0.717) is 0 Å². The third-order valence-electron chi connectivity index (χ3n) is 3.26. The molecule has 1 N–H and O–H groups in total. The maximum absolute atomic E-state index is 10.6. The molecule has 5 nitrogen and oxygen atoms in total. The van der Waals surface area contributed by atoms with Crippen molar-refractivity contribution in [2.75, 3.05) is 5.75 Å². The van der Waals surface area contributed by atoms with E-state index in [1.54, 1.807) is 23.9 Å². The summed E-state index contributed by atoms with van der Waals surface area (Å²) in [5.74, 6) is 0.844. The fourth-order valence-corrected chi connectivity index (χ4v) is 4.32. The Morgan fingerprint density at radius 1 is 1.22 bits per heavy atom. The topological polar surface area (TPSA) is 71.8 Å². The summed E-state index contributed by atoms with van der Waals surface area (Å²) in [5.41, 5.74) is 3.08. The zero-order valence-electron chi connectivity index (χ0n) is 11.8. The molecule has 0 amide bonds. The molecule has 0 radical (unpaired) electrons. The summed E-state index contributed by atoms with van der Waals surface area (Å²) in [7, 11) is 0. The molecule has 1 heterocycles. The van der Waals surface area contributed by atoms with E-state index in [4.69, 9.17) is 0 Å². The highest BCUT2D eigenvalue weighted by molar-refractivity contribution is 9.11. The highest BCUT2D eigenvalue weighted by atomic mass is 79.9. The molecule has 23 heavy (non-hydrogen) atoms. The number of H-pyrrole nitrogens is 1. The number of halogens is 2. The highest BCUT2D eigenvalue weighted by Crippen LogP contribution is 2.29. The first-order valence-electron chi connectivity index (χ1n) is 6.74. The van der Waals surface area contributed by atoms with E-state index in [0.717, 1.165) is 42.9 Å². The third-order valence-corrected chi connectivity index (χ3v) is 5.20.